The van der Waals surface area contributed by atoms with Gasteiger partial charge in [-0.2, -0.15) is 0 Å². The van der Waals surface area contributed by atoms with Crippen LogP contribution in [-0.4, -0.2) is 65.3 Å². The molecule has 0 aliphatic carbocycles. The number of sulfonamides is 1. The summed E-state index contributed by atoms with van der Waals surface area (Å²) < 4.78 is 24.7. The minimum Gasteiger partial charge on any atom is -0.357 e. The summed E-state index contributed by atoms with van der Waals surface area (Å²) in [6, 6.07) is 4.75. The molecule has 0 radical (unpaired) electrons. The Morgan fingerprint density at radius 1 is 1.38 bits per heavy atom. The first-order valence-corrected chi connectivity index (χ1v) is 11.9. The second-order valence-electron chi connectivity index (χ2n) is 6.66. The van der Waals surface area contributed by atoms with Crippen LogP contribution in [0.4, 0.5) is 0 Å². The van der Waals surface area contributed by atoms with E-state index in [2.05, 4.69) is 44.8 Å². The maximum atomic E-state index is 11.1. The van der Waals surface area contributed by atoms with Crippen LogP contribution in [0, 0.1) is 5.92 Å². The average molecular weight is 402 g/mol. The maximum Gasteiger partial charge on any atom is 0.208 e. The molecule has 1 aromatic heterocycles. The lowest BCUT2D eigenvalue weighted by molar-refractivity contribution is 0.128. The van der Waals surface area contributed by atoms with E-state index in [9.17, 15) is 8.42 Å². The fourth-order valence-electron chi connectivity index (χ4n) is 3.33. The predicted molar refractivity (Wildman–Crippen MR) is 109 cm³/mol. The quantitative estimate of drug-likeness (QED) is 0.347. The van der Waals surface area contributed by atoms with Gasteiger partial charge in [0.05, 0.1) is 6.26 Å². The third kappa shape index (κ3) is 6.86. The Morgan fingerprint density at radius 3 is 2.85 bits per heavy atom. The Hall–Kier alpha value is -1.16. The van der Waals surface area contributed by atoms with Gasteiger partial charge in [0.25, 0.3) is 0 Å². The van der Waals surface area contributed by atoms with Crippen molar-refractivity contribution in [1.82, 2.24) is 20.3 Å². The zero-order valence-corrected chi connectivity index (χ0v) is 17.5. The zero-order valence-electron chi connectivity index (χ0n) is 15.9. The first kappa shape index (κ1) is 21.1. The summed E-state index contributed by atoms with van der Waals surface area (Å²) in [7, 11) is -0.962. The standard InChI is InChI=1S/C17H31N5O2S2/c1-4-18-17(19-9-10-21-26(3,23)24)20-13-14-7-5-11-22(2)16(14)15-8-6-12-25-15/h6,8,12,14,16,21H,4-5,7,9-11,13H2,1-3H3,(H2,18,19,20). The molecule has 1 aliphatic rings. The molecular formula is C17H31N5O2S2. The number of aliphatic imine (C=N–C) groups is 1. The van der Waals surface area contributed by atoms with Gasteiger partial charge in [-0.05, 0) is 50.7 Å². The number of nitrogens with one attached hydrogen (secondary N) is 3. The van der Waals surface area contributed by atoms with Crippen molar-refractivity contribution in [1.29, 1.82) is 0 Å². The van der Waals surface area contributed by atoms with E-state index in [1.807, 2.05) is 18.3 Å². The summed E-state index contributed by atoms with van der Waals surface area (Å²) in [4.78, 5) is 8.60. The number of likely N-dealkylation sites (tertiary alicyclic amines) is 1. The summed E-state index contributed by atoms with van der Waals surface area (Å²) in [6.07, 6.45) is 3.53. The van der Waals surface area contributed by atoms with Gasteiger partial charge in [0.15, 0.2) is 5.96 Å². The van der Waals surface area contributed by atoms with Crippen molar-refractivity contribution >= 4 is 27.3 Å². The largest absolute Gasteiger partial charge is 0.357 e. The summed E-state index contributed by atoms with van der Waals surface area (Å²) in [5.74, 6) is 1.22. The molecular weight excluding hydrogens is 370 g/mol. The molecule has 0 bridgehead atoms. The second kappa shape index (κ2) is 10.2. The van der Waals surface area contributed by atoms with Gasteiger partial charge in [-0.3, -0.25) is 9.89 Å². The average Bonchev–Trinajstić information content (AvgIpc) is 3.09. The Labute approximate surface area is 161 Å². The molecule has 2 atom stereocenters. The summed E-state index contributed by atoms with van der Waals surface area (Å²) in [5.41, 5.74) is 0. The lowest BCUT2D eigenvalue weighted by Crippen LogP contribution is -2.42. The topological polar surface area (TPSA) is 85.8 Å². The van der Waals surface area contributed by atoms with E-state index in [0.29, 0.717) is 25.0 Å². The van der Waals surface area contributed by atoms with Crippen molar-refractivity contribution in [3.05, 3.63) is 22.4 Å². The van der Waals surface area contributed by atoms with E-state index in [1.54, 1.807) is 0 Å². The predicted octanol–water partition coefficient (Wildman–Crippen LogP) is 1.24. The minimum atomic E-state index is -3.16. The van der Waals surface area contributed by atoms with E-state index in [0.717, 1.165) is 31.8 Å². The van der Waals surface area contributed by atoms with Crippen LogP contribution in [0.5, 0.6) is 0 Å². The molecule has 148 valence electrons. The van der Waals surface area contributed by atoms with Gasteiger partial charge in [-0.1, -0.05) is 6.07 Å². The molecule has 9 heteroatoms. The molecule has 2 rings (SSSR count). The highest BCUT2D eigenvalue weighted by Gasteiger charge is 2.31. The van der Waals surface area contributed by atoms with Crippen LogP contribution in [0.2, 0.25) is 0 Å². The number of guanidine groups is 1. The minimum absolute atomic E-state index is 0.341. The third-order valence-corrected chi connectivity index (χ3v) is 6.12. The Balaban J connectivity index is 1.95. The van der Waals surface area contributed by atoms with E-state index < -0.39 is 10.0 Å². The van der Waals surface area contributed by atoms with E-state index >= 15 is 0 Å². The number of thiophene rings is 1. The normalized spacial score (nSPS) is 22.3. The fourth-order valence-corrected chi connectivity index (χ4v) is 4.78. The first-order valence-electron chi connectivity index (χ1n) is 9.11. The van der Waals surface area contributed by atoms with Crippen molar-refractivity contribution in [2.45, 2.75) is 25.8 Å². The lowest BCUT2D eigenvalue weighted by Gasteiger charge is -2.38. The Bertz CT molecular complexity index is 661. The van der Waals surface area contributed by atoms with E-state index in [-0.39, 0.29) is 0 Å². The van der Waals surface area contributed by atoms with Crippen molar-refractivity contribution in [2.75, 3.05) is 46.0 Å². The third-order valence-electron chi connectivity index (χ3n) is 4.45. The maximum absolute atomic E-state index is 11.1. The highest BCUT2D eigenvalue weighted by Crippen LogP contribution is 2.37. The summed E-state index contributed by atoms with van der Waals surface area (Å²) in [6.45, 7) is 5.50. The van der Waals surface area contributed by atoms with Gasteiger partial charge >= 0.3 is 0 Å². The molecule has 1 fully saturated rings. The van der Waals surface area contributed by atoms with Gasteiger partial charge in [0.1, 0.15) is 0 Å². The molecule has 0 aromatic carbocycles. The van der Waals surface area contributed by atoms with Crippen molar-refractivity contribution in [3.8, 4) is 0 Å². The number of nitrogens with zero attached hydrogens (tertiary/aromatic N) is 2. The molecule has 1 aliphatic heterocycles. The van der Waals surface area contributed by atoms with Crippen LogP contribution in [0.1, 0.15) is 30.7 Å². The van der Waals surface area contributed by atoms with Crippen LogP contribution in [0.15, 0.2) is 22.5 Å². The van der Waals surface area contributed by atoms with Crippen LogP contribution in [0.3, 0.4) is 0 Å². The summed E-state index contributed by atoms with van der Waals surface area (Å²) >= 11 is 1.81. The van der Waals surface area contributed by atoms with Gasteiger partial charge in [-0.15, -0.1) is 11.3 Å². The number of hydrogen-bond donors (Lipinski definition) is 3. The number of rotatable bonds is 8. The first-order chi connectivity index (χ1) is 12.4. The van der Waals surface area contributed by atoms with Gasteiger partial charge in [-0.25, -0.2) is 13.1 Å². The number of piperidine rings is 1. The Kier molecular flexibility index (Phi) is 8.33. The monoisotopic (exact) mass is 401 g/mol. The van der Waals surface area contributed by atoms with Crippen molar-refractivity contribution in [3.63, 3.8) is 0 Å². The van der Waals surface area contributed by atoms with Gasteiger partial charge in [0, 0.05) is 37.1 Å². The Morgan fingerprint density at radius 2 is 2.19 bits per heavy atom. The van der Waals surface area contributed by atoms with Crippen molar-refractivity contribution < 1.29 is 8.42 Å². The molecule has 7 nitrogen and oxygen atoms in total. The van der Waals surface area contributed by atoms with Gasteiger partial charge < -0.3 is 10.6 Å². The van der Waals surface area contributed by atoms with Crippen LogP contribution in [0.25, 0.3) is 0 Å². The molecule has 2 unspecified atom stereocenters. The molecule has 0 amide bonds. The molecule has 1 saturated heterocycles. The molecule has 2 heterocycles. The van der Waals surface area contributed by atoms with Crippen molar-refractivity contribution in [2.24, 2.45) is 10.9 Å². The molecule has 0 saturated carbocycles. The van der Waals surface area contributed by atoms with E-state index in [1.165, 1.54) is 17.7 Å². The van der Waals surface area contributed by atoms with Crippen LogP contribution < -0.4 is 15.4 Å². The molecule has 3 N–H and O–H groups in total. The highest BCUT2D eigenvalue weighted by molar-refractivity contribution is 7.88. The highest BCUT2D eigenvalue weighted by atomic mass is 32.2. The lowest BCUT2D eigenvalue weighted by atomic mass is 9.88. The van der Waals surface area contributed by atoms with Crippen LogP contribution in [-0.2, 0) is 10.0 Å². The second-order valence-corrected chi connectivity index (χ2v) is 9.47. The zero-order chi connectivity index (χ0) is 19.0. The molecule has 1 aromatic rings. The number of hydrogen-bond acceptors (Lipinski definition) is 5. The molecule has 26 heavy (non-hydrogen) atoms. The fraction of sp³-hybridized carbons (Fsp3) is 0.706. The molecule has 0 spiro atoms. The SMILES string of the molecule is CCNC(=NCC1CCCN(C)C1c1cccs1)NCCNS(C)(=O)=O. The van der Waals surface area contributed by atoms with Crippen LogP contribution >= 0.6 is 11.3 Å². The smallest absolute Gasteiger partial charge is 0.208 e. The van der Waals surface area contributed by atoms with Gasteiger partial charge in [0.2, 0.25) is 10.0 Å². The summed E-state index contributed by atoms with van der Waals surface area (Å²) in [5, 5.41) is 8.56. The van der Waals surface area contributed by atoms with E-state index in [4.69, 9.17) is 4.99 Å².